The largest absolute Gasteiger partial charge is 0.389 e. The highest BCUT2D eigenvalue weighted by Gasteiger charge is 2.28. The number of nitrogens with zero attached hydrogens (tertiary/aromatic N) is 1. The summed E-state index contributed by atoms with van der Waals surface area (Å²) in [5.41, 5.74) is 0. The third kappa shape index (κ3) is 5.49. The fourth-order valence-corrected chi connectivity index (χ4v) is 0.983. The molecule has 0 aromatic rings. The van der Waals surface area contributed by atoms with Crippen LogP contribution in [-0.2, 0) is 4.79 Å². The van der Waals surface area contributed by atoms with Gasteiger partial charge in [0.05, 0.1) is 6.42 Å². The molecule has 0 aliphatic rings. The number of carbonyl (C=O) groups is 1. The molecule has 0 aliphatic heterocycles. The molecule has 0 saturated carbocycles. The van der Waals surface area contributed by atoms with Crippen molar-refractivity contribution in [3.8, 4) is 0 Å². The average Bonchev–Trinajstić information content (AvgIpc) is 2.02. The topological polar surface area (TPSA) is 20.3 Å². The predicted octanol–water partition coefficient (Wildman–Crippen LogP) is 2.20. The molecule has 0 unspecified atom stereocenters. The minimum Gasteiger partial charge on any atom is -0.343 e. The van der Waals surface area contributed by atoms with Crippen LogP contribution >= 0.6 is 0 Å². The summed E-state index contributed by atoms with van der Waals surface area (Å²) in [4.78, 5) is 12.5. The standard InChI is InChI=1S/C8H14F3NO/c1-3-12(4-2)7(13)5-6-8(9,10)11/h3-6H2,1-2H3. The Morgan fingerprint density at radius 1 is 1.23 bits per heavy atom. The Hall–Kier alpha value is -0.740. The predicted molar refractivity (Wildman–Crippen MR) is 43.2 cm³/mol. The summed E-state index contributed by atoms with van der Waals surface area (Å²) in [5, 5.41) is 0. The monoisotopic (exact) mass is 197 g/mol. The van der Waals surface area contributed by atoms with Crippen molar-refractivity contribution in [1.82, 2.24) is 4.90 Å². The van der Waals surface area contributed by atoms with Crippen LogP contribution in [0.1, 0.15) is 26.7 Å². The van der Waals surface area contributed by atoms with Crippen molar-refractivity contribution in [3.63, 3.8) is 0 Å². The van der Waals surface area contributed by atoms with Crippen LogP contribution < -0.4 is 0 Å². The molecule has 0 saturated heterocycles. The van der Waals surface area contributed by atoms with Gasteiger partial charge in [-0.25, -0.2) is 0 Å². The summed E-state index contributed by atoms with van der Waals surface area (Å²) < 4.78 is 35.1. The molecule has 78 valence electrons. The van der Waals surface area contributed by atoms with E-state index in [1.54, 1.807) is 13.8 Å². The van der Waals surface area contributed by atoms with Crippen molar-refractivity contribution in [2.75, 3.05) is 13.1 Å². The van der Waals surface area contributed by atoms with Crippen LogP contribution in [0, 0.1) is 0 Å². The molecular formula is C8H14F3NO. The Morgan fingerprint density at radius 2 is 1.69 bits per heavy atom. The number of hydrogen-bond acceptors (Lipinski definition) is 1. The van der Waals surface area contributed by atoms with Gasteiger partial charge in [-0.15, -0.1) is 0 Å². The third-order valence-corrected chi connectivity index (χ3v) is 1.74. The molecular weight excluding hydrogens is 183 g/mol. The first-order valence-electron chi connectivity index (χ1n) is 4.25. The van der Waals surface area contributed by atoms with E-state index in [1.807, 2.05) is 0 Å². The lowest BCUT2D eigenvalue weighted by Gasteiger charge is -2.18. The number of carbonyl (C=O) groups excluding carboxylic acids is 1. The van der Waals surface area contributed by atoms with E-state index >= 15 is 0 Å². The Labute approximate surface area is 75.7 Å². The lowest BCUT2D eigenvalue weighted by Crippen LogP contribution is -2.31. The van der Waals surface area contributed by atoms with Crippen molar-refractivity contribution < 1.29 is 18.0 Å². The van der Waals surface area contributed by atoms with Crippen molar-refractivity contribution in [2.45, 2.75) is 32.9 Å². The second-order valence-corrected chi connectivity index (χ2v) is 2.68. The summed E-state index contributed by atoms with van der Waals surface area (Å²) in [6.45, 7) is 4.42. The zero-order chi connectivity index (χ0) is 10.5. The van der Waals surface area contributed by atoms with Gasteiger partial charge in [-0.2, -0.15) is 13.2 Å². The molecule has 0 atom stereocenters. The highest BCUT2D eigenvalue weighted by molar-refractivity contribution is 5.76. The van der Waals surface area contributed by atoms with E-state index < -0.39 is 24.9 Å². The Kier molecular flexibility index (Phi) is 4.80. The quantitative estimate of drug-likeness (QED) is 0.676. The first-order valence-corrected chi connectivity index (χ1v) is 4.25. The lowest BCUT2D eigenvalue weighted by atomic mass is 10.2. The maximum Gasteiger partial charge on any atom is 0.389 e. The second-order valence-electron chi connectivity index (χ2n) is 2.68. The molecule has 0 rings (SSSR count). The summed E-state index contributed by atoms with van der Waals surface area (Å²) in [5.74, 6) is -0.428. The molecule has 1 amide bonds. The van der Waals surface area contributed by atoms with Gasteiger partial charge in [0.25, 0.3) is 0 Å². The van der Waals surface area contributed by atoms with Crippen molar-refractivity contribution in [3.05, 3.63) is 0 Å². The molecule has 0 aromatic carbocycles. The van der Waals surface area contributed by atoms with Crippen LogP contribution in [0.25, 0.3) is 0 Å². The number of hydrogen-bond donors (Lipinski definition) is 0. The number of halogens is 3. The molecule has 0 aromatic heterocycles. The SMILES string of the molecule is CCN(CC)C(=O)CCC(F)(F)F. The van der Waals surface area contributed by atoms with Crippen LogP contribution in [-0.4, -0.2) is 30.1 Å². The van der Waals surface area contributed by atoms with Crippen LogP contribution in [0.4, 0.5) is 13.2 Å². The Balaban J connectivity index is 3.86. The number of alkyl halides is 3. The fourth-order valence-electron chi connectivity index (χ4n) is 0.983. The average molecular weight is 197 g/mol. The first-order chi connectivity index (χ1) is 5.90. The maximum atomic E-state index is 11.7. The third-order valence-electron chi connectivity index (χ3n) is 1.74. The summed E-state index contributed by atoms with van der Waals surface area (Å²) in [6.07, 6.45) is -5.70. The Bertz CT molecular complexity index is 163. The second kappa shape index (κ2) is 5.09. The van der Waals surface area contributed by atoms with E-state index in [0.29, 0.717) is 13.1 Å². The van der Waals surface area contributed by atoms with Crippen LogP contribution in [0.5, 0.6) is 0 Å². The zero-order valence-electron chi connectivity index (χ0n) is 7.82. The number of amides is 1. The fraction of sp³-hybridized carbons (Fsp3) is 0.875. The molecule has 0 radical (unpaired) electrons. The molecule has 5 heteroatoms. The van der Waals surface area contributed by atoms with Crippen molar-refractivity contribution in [2.24, 2.45) is 0 Å². The number of rotatable bonds is 4. The van der Waals surface area contributed by atoms with Gasteiger partial charge >= 0.3 is 6.18 Å². The molecule has 0 N–H and O–H groups in total. The van der Waals surface area contributed by atoms with Crippen molar-refractivity contribution >= 4 is 5.91 Å². The highest BCUT2D eigenvalue weighted by atomic mass is 19.4. The summed E-state index contributed by atoms with van der Waals surface area (Å²) in [6, 6.07) is 0. The molecule has 0 spiro atoms. The lowest BCUT2D eigenvalue weighted by molar-refractivity contribution is -0.148. The molecule has 0 heterocycles. The van der Waals surface area contributed by atoms with E-state index in [-0.39, 0.29) is 0 Å². The molecule has 0 bridgehead atoms. The van der Waals surface area contributed by atoms with Crippen LogP contribution in [0.15, 0.2) is 0 Å². The molecule has 0 fully saturated rings. The molecule has 13 heavy (non-hydrogen) atoms. The normalized spacial score (nSPS) is 11.5. The minimum atomic E-state index is -4.23. The van der Waals surface area contributed by atoms with Gasteiger partial charge in [0.15, 0.2) is 0 Å². The minimum absolute atomic E-state index is 0.428. The maximum absolute atomic E-state index is 11.7. The van der Waals surface area contributed by atoms with Gasteiger partial charge in [0.1, 0.15) is 0 Å². The summed E-state index contributed by atoms with van der Waals surface area (Å²) >= 11 is 0. The Morgan fingerprint density at radius 3 is 2.00 bits per heavy atom. The van der Waals surface area contributed by atoms with Crippen LogP contribution in [0.3, 0.4) is 0 Å². The van der Waals surface area contributed by atoms with E-state index in [4.69, 9.17) is 0 Å². The van der Waals surface area contributed by atoms with Gasteiger partial charge in [-0.3, -0.25) is 4.79 Å². The van der Waals surface area contributed by atoms with E-state index in [0.717, 1.165) is 0 Å². The van der Waals surface area contributed by atoms with E-state index in [9.17, 15) is 18.0 Å². The molecule has 2 nitrogen and oxygen atoms in total. The smallest absolute Gasteiger partial charge is 0.343 e. The van der Waals surface area contributed by atoms with Crippen LogP contribution in [0.2, 0.25) is 0 Å². The van der Waals surface area contributed by atoms with Gasteiger partial charge in [0.2, 0.25) is 5.91 Å². The highest BCUT2D eigenvalue weighted by Crippen LogP contribution is 2.21. The van der Waals surface area contributed by atoms with E-state index in [1.165, 1.54) is 4.90 Å². The van der Waals surface area contributed by atoms with Gasteiger partial charge in [-0.05, 0) is 13.8 Å². The molecule has 0 aliphatic carbocycles. The van der Waals surface area contributed by atoms with Gasteiger partial charge in [0, 0.05) is 19.5 Å². The van der Waals surface area contributed by atoms with Crippen molar-refractivity contribution in [1.29, 1.82) is 0 Å². The summed E-state index contributed by atoms with van der Waals surface area (Å²) in [7, 11) is 0. The van der Waals surface area contributed by atoms with Gasteiger partial charge in [-0.1, -0.05) is 0 Å². The first kappa shape index (κ1) is 12.3. The van der Waals surface area contributed by atoms with E-state index in [2.05, 4.69) is 0 Å². The van der Waals surface area contributed by atoms with Gasteiger partial charge < -0.3 is 4.90 Å². The zero-order valence-corrected chi connectivity index (χ0v) is 7.82.